The lowest BCUT2D eigenvalue weighted by Crippen LogP contribution is -2.21. The van der Waals surface area contributed by atoms with Crippen LogP contribution in [0.1, 0.15) is 79.7 Å². The first-order valence-electron chi connectivity index (χ1n) is 13.0. The number of carbonyl (C=O) groups excluding carboxylic acids is 2. The second-order valence-electron chi connectivity index (χ2n) is 10.2. The molecule has 0 fully saturated rings. The summed E-state index contributed by atoms with van der Waals surface area (Å²) in [4.78, 5) is 23.1. The molecule has 2 unspecified atom stereocenters. The Hall–Kier alpha value is -2.93. The smallest absolute Gasteiger partial charge is 0.303 e. The maximum atomic E-state index is 13.7. The summed E-state index contributed by atoms with van der Waals surface area (Å²) in [5.74, 6) is -0.794. The normalized spacial score (nSPS) is 14.5. The molecular weight excluding hydrogens is 500 g/mol. The predicted octanol–water partition coefficient (Wildman–Crippen LogP) is 7.00. The largest absolute Gasteiger partial charge is 0.462 e. The molecule has 0 bridgehead atoms. The van der Waals surface area contributed by atoms with Crippen molar-refractivity contribution in [1.29, 1.82) is 0 Å². The zero-order chi connectivity index (χ0) is 28.9. The Morgan fingerprint density at radius 1 is 0.816 bits per heavy atom. The van der Waals surface area contributed by atoms with Gasteiger partial charge in [0.15, 0.2) is 9.84 Å². The molecule has 0 aliphatic rings. The van der Waals surface area contributed by atoms with Gasteiger partial charge in [0, 0.05) is 20.3 Å². The van der Waals surface area contributed by atoms with Crippen molar-refractivity contribution in [2.45, 2.75) is 97.3 Å². The molecule has 0 heterocycles. The molecule has 0 radical (unpaired) electrons. The zero-order valence-electron chi connectivity index (χ0n) is 24.2. The molecule has 2 atom stereocenters. The molecule has 0 aliphatic heterocycles. The number of rotatable bonds is 14. The van der Waals surface area contributed by atoms with Crippen molar-refractivity contribution >= 4 is 21.8 Å². The van der Waals surface area contributed by atoms with Crippen LogP contribution in [0.5, 0.6) is 0 Å². The van der Waals surface area contributed by atoms with Gasteiger partial charge in [-0.25, -0.2) is 8.42 Å². The number of hydrogen-bond donors (Lipinski definition) is 0. The molecular formula is C31H44O6S. The number of aryl methyl sites for hydroxylation is 1. The number of hydrogen-bond acceptors (Lipinski definition) is 6. The average molecular weight is 545 g/mol. The van der Waals surface area contributed by atoms with E-state index in [0.717, 1.165) is 35.1 Å². The van der Waals surface area contributed by atoms with E-state index in [4.69, 9.17) is 9.47 Å². The number of ether oxygens (including phenoxy) is 2. The third-order valence-electron chi connectivity index (χ3n) is 5.86. The number of benzene rings is 1. The minimum Gasteiger partial charge on any atom is -0.462 e. The number of allylic oxidation sites excluding steroid dienone is 4. The van der Waals surface area contributed by atoms with Crippen molar-refractivity contribution in [2.75, 3.05) is 6.61 Å². The fourth-order valence-corrected chi connectivity index (χ4v) is 5.66. The third-order valence-corrected chi connectivity index (χ3v) is 7.89. The van der Waals surface area contributed by atoms with Gasteiger partial charge >= 0.3 is 11.9 Å². The van der Waals surface area contributed by atoms with E-state index in [1.54, 1.807) is 30.3 Å². The van der Waals surface area contributed by atoms with Gasteiger partial charge in [-0.2, -0.15) is 0 Å². The van der Waals surface area contributed by atoms with Gasteiger partial charge in [-0.1, -0.05) is 52.1 Å². The van der Waals surface area contributed by atoms with Gasteiger partial charge < -0.3 is 9.47 Å². The van der Waals surface area contributed by atoms with E-state index in [0.29, 0.717) is 6.42 Å². The van der Waals surface area contributed by atoms with E-state index >= 15 is 0 Å². The molecule has 1 rings (SSSR count). The lowest BCUT2D eigenvalue weighted by atomic mass is 10.0. The van der Waals surface area contributed by atoms with Gasteiger partial charge in [-0.05, 0) is 85.1 Å². The van der Waals surface area contributed by atoms with Crippen molar-refractivity contribution in [1.82, 2.24) is 0 Å². The van der Waals surface area contributed by atoms with E-state index < -0.39 is 27.2 Å². The molecule has 0 aliphatic carbocycles. The third kappa shape index (κ3) is 13.0. The molecule has 0 aromatic heterocycles. The summed E-state index contributed by atoms with van der Waals surface area (Å²) < 4.78 is 37.8. The van der Waals surface area contributed by atoms with Crippen molar-refractivity contribution in [2.24, 2.45) is 0 Å². The molecule has 0 N–H and O–H groups in total. The quantitative estimate of drug-likeness (QED) is 0.185. The van der Waals surface area contributed by atoms with Gasteiger partial charge in [0.25, 0.3) is 0 Å². The molecule has 38 heavy (non-hydrogen) atoms. The lowest BCUT2D eigenvalue weighted by molar-refractivity contribution is -0.144. The molecule has 0 saturated carbocycles. The Morgan fingerprint density at radius 2 is 1.45 bits per heavy atom. The molecule has 210 valence electrons. The van der Waals surface area contributed by atoms with E-state index in [9.17, 15) is 18.0 Å². The first kappa shape index (κ1) is 33.1. The summed E-state index contributed by atoms with van der Waals surface area (Å²) in [7, 11) is -3.65. The number of carbonyl (C=O) groups is 2. The van der Waals surface area contributed by atoms with Crippen LogP contribution in [0, 0.1) is 6.92 Å². The van der Waals surface area contributed by atoms with Crippen molar-refractivity contribution < 1.29 is 27.5 Å². The van der Waals surface area contributed by atoms with Crippen molar-refractivity contribution in [3.05, 3.63) is 76.4 Å². The predicted molar refractivity (Wildman–Crippen MR) is 154 cm³/mol. The zero-order valence-corrected chi connectivity index (χ0v) is 25.0. The lowest BCUT2D eigenvalue weighted by Gasteiger charge is -2.19. The number of sulfone groups is 1. The minimum absolute atomic E-state index is 0.143. The highest BCUT2D eigenvalue weighted by Gasteiger charge is 2.26. The average Bonchev–Trinajstić information content (AvgIpc) is 2.77. The van der Waals surface area contributed by atoms with Crippen LogP contribution >= 0.6 is 0 Å². The maximum Gasteiger partial charge on any atom is 0.303 e. The van der Waals surface area contributed by atoms with Crippen LogP contribution in [0.25, 0.3) is 0 Å². The van der Waals surface area contributed by atoms with Crippen LogP contribution in [-0.2, 0) is 28.9 Å². The summed E-state index contributed by atoms with van der Waals surface area (Å²) in [6, 6.07) is 6.92. The fourth-order valence-electron chi connectivity index (χ4n) is 3.90. The Kier molecular flexibility index (Phi) is 14.0. The Morgan fingerprint density at radius 3 is 2.00 bits per heavy atom. The van der Waals surface area contributed by atoms with Crippen LogP contribution < -0.4 is 0 Å². The van der Waals surface area contributed by atoms with Crippen LogP contribution in [0.4, 0.5) is 0 Å². The van der Waals surface area contributed by atoms with Gasteiger partial charge in [0.05, 0.1) is 10.1 Å². The van der Waals surface area contributed by atoms with Gasteiger partial charge in [-0.3, -0.25) is 9.59 Å². The van der Waals surface area contributed by atoms with E-state index in [1.807, 2.05) is 53.7 Å². The van der Waals surface area contributed by atoms with E-state index in [2.05, 4.69) is 6.08 Å². The van der Waals surface area contributed by atoms with E-state index in [-0.39, 0.29) is 23.9 Å². The minimum atomic E-state index is -3.65. The summed E-state index contributed by atoms with van der Waals surface area (Å²) >= 11 is 0. The summed E-state index contributed by atoms with van der Waals surface area (Å²) in [6.45, 7) is 14.5. The first-order valence-corrected chi connectivity index (χ1v) is 14.5. The highest BCUT2D eigenvalue weighted by molar-refractivity contribution is 7.92. The molecule has 0 saturated heterocycles. The summed E-state index contributed by atoms with van der Waals surface area (Å²) in [6.07, 6.45) is 9.32. The Bertz CT molecular complexity index is 1160. The molecule has 7 heteroatoms. The highest BCUT2D eigenvalue weighted by atomic mass is 32.2. The molecule has 0 spiro atoms. The van der Waals surface area contributed by atoms with Crippen LogP contribution in [0.3, 0.4) is 0 Å². The Balaban J connectivity index is 3.29. The molecule has 0 amide bonds. The highest BCUT2D eigenvalue weighted by Crippen LogP contribution is 2.26. The SMILES string of the molecule is CC(=O)OCC=C(C)CC(C=C(C)CC(C=C(C)CCC=C(C)C)S(=O)(=O)c1ccc(C)cc1)OC(C)=O. The molecule has 1 aromatic rings. The summed E-state index contributed by atoms with van der Waals surface area (Å²) in [5.41, 5.74) is 4.93. The maximum absolute atomic E-state index is 13.7. The van der Waals surface area contributed by atoms with Gasteiger partial charge in [0.2, 0.25) is 0 Å². The fraction of sp³-hybridized carbons (Fsp3) is 0.484. The first-order chi connectivity index (χ1) is 17.7. The standard InChI is InChI=1S/C31H44O6S/c1-22(2)10-9-11-24(4)20-31(38(34,35)30-14-12-23(3)13-15-30)21-26(6)19-29(37-28(8)33)18-25(5)16-17-36-27(7)32/h10,12-16,19-20,29,31H,9,11,17-18,21H2,1-8H3. The van der Waals surface area contributed by atoms with Crippen LogP contribution in [0.2, 0.25) is 0 Å². The van der Waals surface area contributed by atoms with Crippen LogP contribution in [-0.4, -0.2) is 38.3 Å². The number of esters is 2. The molecule has 6 nitrogen and oxygen atoms in total. The Labute approximate surface area is 229 Å². The topological polar surface area (TPSA) is 86.7 Å². The second-order valence-corrected chi connectivity index (χ2v) is 12.3. The second kappa shape index (κ2) is 16.1. The van der Waals surface area contributed by atoms with Crippen molar-refractivity contribution in [3.63, 3.8) is 0 Å². The van der Waals surface area contributed by atoms with E-state index in [1.165, 1.54) is 19.4 Å². The van der Waals surface area contributed by atoms with Gasteiger partial charge in [-0.15, -0.1) is 0 Å². The van der Waals surface area contributed by atoms with Crippen LogP contribution in [0.15, 0.2) is 75.8 Å². The van der Waals surface area contributed by atoms with Crippen molar-refractivity contribution in [3.8, 4) is 0 Å². The molecule has 1 aromatic carbocycles. The van der Waals surface area contributed by atoms with Gasteiger partial charge in [0.1, 0.15) is 12.7 Å². The monoisotopic (exact) mass is 544 g/mol. The summed E-state index contributed by atoms with van der Waals surface area (Å²) in [5, 5.41) is -0.758.